The smallest absolute Gasteiger partial charge is 0.275 e. The standard InChI is InChI=1S/C17H18N2O3/c1-11-8-9-16(22-3)14(10-11)12(2)18-19-17(21)13-6-4-5-7-15(13)20/h4-10,20H,1-3H3,(H,19,21)/b18-12-. The van der Waals surface area contributed by atoms with Gasteiger partial charge in [-0.3, -0.25) is 4.79 Å². The maximum Gasteiger partial charge on any atom is 0.275 e. The number of nitrogens with one attached hydrogen (secondary N) is 1. The summed E-state index contributed by atoms with van der Waals surface area (Å²) in [5.41, 5.74) is 5.11. The Morgan fingerprint density at radius 1 is 1.18 bits per heavy atom. The van der Waals surface area contributed by atoms with Crippen molar-refractivity contribution in [2.24, 2.45) is 5.10 Å². The van der Waals surface area contributed by atoms with Crippen molar-refractivity contribution in [2.45, 2.75) is 13.8 Å². The van der Waals surface area contributed by atoms with Crippen LogP contribution in [0.5, 0.6) is 11.5 Å². The Bertz CT molecular complexity index is 724. The summed E-state index contributed by atoms with van der Waals surface area (Å²) in [6.07, 6.45) is 0. The van der Waals surface area contributed by atoms with Gasteiger partial charge < -0.3 is 9.84 Å². The fourth-order valence-corrected chi connectivity index (χ4v) is 2.03. The van der Waals surface area contributed by atoms with Crippen LogP contribution in [0.3, 0.4) is 0 Å². The van der Waals surface area contributed by atoms with Crippen molar-refractivity contribution in [3.8, 4) is 11.5 Å². The molecule has 0 radical (unpaired) electrons. The normalized spacial score (nSPS) is 11.1. The molecule has 0 saturated carbocycles. The van der Waals surface area contributed by atoms with Gasteiger partial charge in [-0.25, -0.2) is 5.43 Å². The Labute approximate surface area is 129 Å². The molecule has 2 aromatic carbocycles. The molecule has 0 heterocycles. The molecule has 5 heteroatoms. The number of ether oxygens (including phenoxy) is 1. The third-order valence-electron chi connectivity index (χ3n) is 3.22. The van der Waals surface area contributed by atoms with Gasteiger partial charge in [0.1, 0.15) is 11.5 Å². The highest BCUT2D eigenvalue weighted by atomic mass is 16.5. The van der Waals surface area contributed by atoms with E-state index in [1.165, 1.54) is 12.1 Å². The first-order valence-corrected chi connectivity index (χ1v) is 6.80. The average molecular weight is 298 g/mol. The Morgan fingerprint density at radius 3 is 2.59 bits per heavy atom. The summed E-state index contributed by atoms with van der Waals surface area (Å²) in [6.45, 7) is 3.75. The number of carbonyl (C=O) groups is 1. The largest absolute Gasteiger partial charge is 0.507 e. The van der Waals surface area contributed by atoms with Crippen molar-refractivity contribution in [3.63, 3.8) is 0 Å². The summed E-state index contributed by atoms with van der Waals surface area (Å²) in [6, 6.07) is 12.0. The van der Waals surface area contributed by atoms with Crippen molar-refractivity contribution in [3.05, 3.63) is 59.2 Å². The second kappa shape index (κ2) is 6.76. The van der Waals surface area contributed by atoms with Crippen LogP contribution in [-0.4, -0.2) is 23.8 Å². The number of rotatable bonds is 4. The number of phenolic OH excluding ortho intramolecular Hbond substituents is 1. The van der Waals surface area contributed by atoms with Gasteiger partial charge >= 0.3 is 0 Å². The fraction of sp³-hybridized carbons (Fsp3) is 0.176. The van der Waals surface area contributed by atoms with Crippen LogP contribution in [0.4, 0.5) is 0 Å². The van der Waals surface area contributed by atoms with Crippen LogP contribution < -0.4 is 10.2 Å². The molecule has 0 atom stereocenters. The van der Waals surface area contributed by atoms with Gasteiger partial charge in [-0.15, -0.1) is 0 Å². The molecule has 22 heavy (non-hydrogen) atoms. The highest BCUT2D eigenvalue weighted by molar-refractivity contribution is 6.03. The van der Waals surface area contributed by atoms with E-state index in [-0.39, 0.29) is 11.3 Å². The lowest BCUT2D eigenvalue weighted by molar-refractivity contribution is 0.0952. The molecule has 2 rings (SSSR count). The lowest BCUT2D eigenvalue weighted by atomic mass is 10.1. The zero-order chi connectivity index (χ0) is 16.1. The summed E-state index contributed by atoms with van der Waals surface area (Å²) in [5, 5.41) is 13.7. The molecule has 0 unspecified atom stereocenters. The van der Waals surface area contributed by atoms with E-state index in [1.807, 2.05) is 25.1 Å². The first kappa shape index (κ1) is 15.6. The van der Waals surface area contributed by atoms with E-state index in [0.29, 0.717) is 11.5 Å². The molecule has 0 aromatic heterocycles. The molecule has 0 bridgehead atoms. The zero-order valence-corrected chi connectivity index (χ0v) is 12.8. The molecular formula is C17H18N2O3. The van der Waals surface area contributed by atoms with Gasteiger partial charge in [0, 0.05) is 5.56 Å². The Kier molecular flexibility index (Phi) is 4.78. The molecule has 1 amide bonds. The molecule has 0 aliphatic carbocycles. The van der Waals surface area contributed by atoms with Crippen LogP contribution in [0.1, 0.15) is 28.4 Å². The first-order chi connectivity index (χ1) is 10.5. The number of hydrogen-bond donors (Lipinski definition) is 2. The Balaban J connectivity index is 2.22. The number of benzene rings is 2. The van der Waals surface area contributed by atoms with E-state index in [2.05, 4.69) is 10.5 Å². The summed E-state index contributed by atoms with van der Waals surface area (Å²) >= 11 is 0. The van der Waals surface area contributed by atoms with Gasteiger partial charge in [0.2, 0.25) is 0 Å². The van der Waals surface area contributed by atoms with Crippen LogP contribution in [-0.2, 0) is 0 Å². The fourth-order valence-electron chi connectivity index (χ4n) is 2.03. The predicted octanol–water partition coefficient (Wildman–Crippen LogP) is 2.86. The lowest BCUT2D eigenvalue weighted by Gasteiger charge is -2.09. The molecule has 2 aromatic rings. The third kappa shape index (κ3) is 3.44. The lowest BCUT2D eigenvalue weighted by Crippen LogP contribution is -2.19. The molecule has 2 N–H and O–H groups in total. The van der Waals surface area contributed by atoms with Gasteiger partial charge in [0.15, 0.2) is 0 Å². The molecule has 0 saturated heterocycles. The predicted molar refractivity (Wildman–Crippen MR) is 85.5 cm³/mol. The Morgan fingerprint density at radius 2 is 1.91 bits per heavy atom. The molecule has 114 valence electrons. The van der Waals surface area contributed by atoms with Gasteiger partial charge in [0.25, 0.3) is 5.91 Å². The van der Waals surface area contributed by atoms with E-state index >= 15 is 0 Å². The minimum absolute atomic E-state index is 0.0824. The maximum absolute atomic E-state index is 12.0. The van der Waals surface area contributed by atoms with Gasteiger partial charge in [-0.05, 0) is 38.1 Å². The Hall–Kier alpha value is -2.82. The summed E-state index contributed by atoms with van der Waals surface area (Å²) in [5.74, 6) is 0.133. The van der Waals surface area contributed by atoms with Crippen molar-refractivity contribution in [1.29, 1.82) is 0 Å². The van der Waals surface area contributed by atoms with Gasteiger partial charge in [-0.1, -0.05) is 23.8 Å². The van der Waals surface area contributed by atoms with Crippen LogP contribution >= 0.6 is 0 Å². The van der Waals surface area contributed by atoms with Crippen LogP contribution in [0.25, 0.3) is 0 Å². The van der Waals surface area contributed by atoms with E-state index in [9.17, 15) is 9.90 Å². The summed E-state index contributed by atoms with van der Waals surface area (Å²) in [4.78, 5) is 12.0. The second-order valence-electron chi connectivity index (χ2n) is 4.86. The number of aryl methyl sites for hydroxylation is 1. The number of para-hydroxylation sites is 1. The molecule has 5 nitrogen and oxygen atoms in total. The average Bonchev–Trinajstić information content (AvgIpc) is 2.52. The van der Waals surface area contributed by atoms with E-state index < -0.39 is 5.91 Å². The van der Waals surface area contributed by atoms with E-state index in [0.717, 1.165) is 11.1 Å². The number of phenols is 1. The number of carbonyl (C=O) groups excluding carboxylic acids is 1. The zero-order valence-electron chi connectivity index (χ0n) is 12.8. The highest BCUT2D eigenvalue weighted by Crippen LogP contribution is 2.20. The number of methoxy groups -OCH3 is 1. The second-order valence-corrected chi connectivity index (χ2v) is 4.86. The highest BCUT2D eigenvalue weighted by Gasteiger charge is 2.11. The van der Waals surface area contributed by atoms with E-state index in [1.54, 1.807) is 26.2 Å². The topological polar surface area (TPSA) is 70.9 Å². The number of aromatic hydroxyl groups is 1. The molecule has 0 aliphatic heterocycles. The molecule has 0 aliphatic rings. The summed E-state index contributed by atoms with van der Waals surface area (Å²) < 4.78 is 5.30. The van der Waals surface area contributed by atoms with Crippen molar-refractivity contribution in [2.75, 3.05) is 7.11 Å². The van der Waals surface area contributed by atoms with Crippen LogP contribution in [0.2, 0.25) is 0 Å². The number of hydrazone groups is 1. The van der Waals surface area contributed by atoms with Crippen molar-refractivity contribution in [1.82, 2.24) is 5.43 Å². The van der Waals surface area contributed by atoms with Crippen molar-refractivity contribution >= 4 is 11.6 Å². The van der Waals surface area contributed by atoms with Gasteiger partial charge in [-0.2, -0.15) is 5.10 Å². The van der Waals surface area contributed by atoms with Gasteiger partial charge in [0.05, 0.1) is 18.4 Å². The molecular weight excluding hydrogens is 280 g/mol. The minimum atomic E-state index is -0.468. The monoisotopic (exact) mass is 298 g/mol. The first-order valence-electron chi connectivity index (χ1n) is 6.80. The molecule has 0 fully saturated rings. The minimum Gasteiger partial charge on any atom is -0.507 e. The third-order valence-corrected chi connectivity index (χ3v) is 3.22. The number of amides is 1. The van der Waals surface area contributed by atoms with Crippen LogP contribution in [0.15, 0.2) is 47.6 Å². The van der Waals surface area contributed by atoms with Crippen LogP contribution in [0, 0.1) is 6.92 Å². The SMILES string of the molecule is COc1ccc(C)cc1/C(C)=N\NC(=O)c1ccccc1O. The summed E-state index contributed by atoms with van der Waals surface area (Å²) in [7, 11) is 1.59. The number of nitrogens with zero attached hydrogens (tertiary/aromatic N) is 1. The van der Waals surface area contributed by atoms with Crippen molar-refractivity contribution < 1.29 is 14.6 Å². The van der Waals surface area contributed by atoms with E-state index in [4.69, 9.17) is 4.74 Å². The molecule has 0 spiro atoms. The quantitative estimate of drug-likeness (QED) is 0.673. The maximum atomic E-state index is 12.0. The number of hydrogen-bond acceptors (Lipinski definition) is 4.